The summed E-state index contributed by atoms with van der Waals surface area (Å²) in [6.45, 7) is 1.36. The van der Waals surface area contributed by atoms with Crippen LogP contribution >= 0.6 is 0 Å². The highest BCUT2D eigenvalue weighted by atomic mass is 16.5. The number of methoxy groups -OCH3 is 1. The molecular weight excluding hydrogens is 344 g/mol. The van der Waals surface area contributed by atoms with E-state index in [1.165, 1.54) is 0 Å². The number of nitrogens with one attached hydrogen (secondary N) is 1. The summed E-state index contributed by atoms with van der Waals surface area (Å²) in [6, 6.07) is 16.7. The van der Waals surface area contributed by atoms with E-state index >= 15 is 0 Å². The van der Waals surface area contributed by atoms with E-state index in [2.05, 4.69) is 5.32 Å². The Hall–Kier alpha value is -3.02. The molecule has 1 aliphatic rings. The topological polar surface area (TPSA) is 67.9 Å². The summed E-state index contributed by atoms with van der Waals surface area (Å²) >= 11 is 0. The minimum atomic E-state index is -0.186. The number of nitrogens with zero attached hydrogens (tertiary/aromatic N) is 1. The molecule has 0 aliphatic carbocycles. The molecule has 142 valence electrons. The molecule has 0 unspecified atom stereocenters. The number of hydrogen-bond donors (Lipinski definition) is 1. The molecule has 1 N–H and O–H groups in total. The van der Waals surface area contributed by atoms with Crippen molar-refractivity contribution in [3.63, 3.8) is 0 Å². The van der Waals surface area contributed by atoms with Gasteiger partial charge in [0.25, 0.3) is 0 Å². The fraction of sp³-hybridized carbons (Fsp3) is 0.333. The van der Waals surface area contributed by atoms with E-state index in [1.807, 2.05) is 30.3 Å². The van der Waals surface area contributed by atoms with Crippen molar-refractivity contribution in [2.45, 2.75) is 19.4 Å². The lowest BCUT2D eigenvalue weighted by atomic mass is 9.97. The minimum absolute atomic E-state index is 0.154. The fourth-order valence-corrected chi connectivity index (χ4v) is 3.04. The molecule has 1 fully saturated rings. The second-order valence-corrected chi connectivity index (χ2v) is 6.51. The zero-order valence-electron chi connectivity index (χ0n) is 15.4. The van der Waals surface area contributed by atoms with Gasteiger partial charge in [-0.15, -0.1) is 0 Å². The zero-order chi connectivity index (χ0) is 19.1. The number of carbonyl (C=O) groups excluding carboxylic acids is 2. The third-order valence-corrected chi connectivity index (χ3v) is 4.68. The van der Waals surface area contributed by atoms with Crippen molar-refractivity contribution >= 4 is 17.7 Å². The lowest BCUT2D eigenvalue weighted by molar-refractivity contribution is -0.151. The molecule has 0 spiro atoms. The van der Waals surface area contributed by atoms with E-state index in [9.17, 15) is 9.59 Å². The maximum atomic E-state index is 12.4. The molecule has 2 aromatic rings. The molecule has 2 amide bonds. The molecule has 6 nitrogen and oxygen atoms in total. The molecule has 0 radical (unpaired) electrons. The molecule has 1 heterocycles. The van der Waals surface area contributed by atoms with Gasteiger partial charge in [0.15, 0.2) is 0 Å². The van der Waals surface area contributed by atoms with Crippen molar-refractivity contribution in [2.75, 3.05) is 25.5 Å². The SMILES string of the molecule is COc1ccc(NC(=O)N2CCC(C(=O)OCc3ccccc3)CC2)cc1. The van der Waals surface area contributed by atoms with Gasteiger partial charge < -0.3 is 19.7 Å². The predicted octanol–water partition coefficient (Wildman–Crippen LogP) is 3.68. The maximum Gasteiger partial charge on any atom is 0.321 e. The zero-order valence-corrected chi connectivity index (χ0v) is 15.4. The number of ether oxygens (including phenoxy) is 2. The third kappa shape index (κ3) is 5.23. The Bertz CT molecular complexity index is 754. The molecule has 0 bridgehead atoms. The number of hydrogen-bond acceptors (Lipinski definition) is 4. The van der Waals surface area contributed by atoms with Gasteiger partial charge in [-0.2, -0.15) is 0 Å². The van der Waals surface area contributed by atoms with Crippen molar-refractivity contribution in [1.29, 1.82) is 0 Å². The van der Waals surface area contributed by atoms with Gasteiger partial charge in [-0.25, -0.2) is 4.79 Å². The fourth-order valence-electron chi connectivity index (χ4n) is 3.04. The lowest BCUT2D eigenvalue weighted by Crippen LogP contribution is -2.42. The number of piperidine rings is 1. The average molecular weight is 368 g/mol. The first-order valence-electron chi connectivity index (χ1n) is 9.06. The standard InChI is InChI=1S/C21H24N2O4/c1-26-19-9-7-18(8-10-19)22-21(25)23-13-11-17(12-14-23)20(24)27-15-16-5-3-2-4-6-16/h2-10,17H,11-15H2,1H3,(H,22,25). The van der Waals surface area contributed by atoms with Gasteiger partial charge in [0.2, 0.25) is 0 Å². The molecule has 2 aromatic carbocycles. The molecular formula is C21H24N2O4. The van der Waals surface area contributed by atoms with Crippen LogP contribution in [0.15, 0.2) is 54.6 Å². The highest BCUT2D eigenvalue weighted by Crippen LogP contribution is 2.21. The number of urea groups is 1. The number of rotatable bonds is 5. The van der Waals surface area contributed by atoms with Gasteiger partial charge in [-0.3, -0.25) is 4.79 Å². The second kappa shape index (κ2) is 9.07. The first-order chi connectivity index (χ1) is 13.2. The minimum Gasteiger partial charge on any atom is -0.497 e. The molecule has 1 saturated heterocycles. The van der Waals surface area contributed by atoms with Crippen molar-refractivity contribution in [3.8, 4) is 5.75 Å². The summed E-state index contributed by atoms with van der Waals surface area (Å²) in [5, 5.41) is 2.87. The summed E-state index contributed by atoms with van der Waals surface area (Å²) in [5.74, 6) is 0.399. The third-order valence-electron chi connectivity index (χ3n) is 4.68. The molecule has 27 heavy (non-hydrogen) atoms. The first-order valence-corrected chi connectivity index (χ1v) is 9.06. The maximum absolute atomic E-state index is 12.4. The van der Waals surface area contributed by atoms with Crippen LogP contribution in [0, 0.1) is 5.92 Å². The molecule has 0 atom stereocenters. The quantitative estimate of drug-likeness (QED) is 0.818. The number of anilines is 1. The Balaban J connectivity index is 1.43. The van der Waals surface area contributed by atoms with Crippen LogP contribution in [0.25, 0.3) is 0 Å². The van der Waals surface area contributed by atoms with Gasteiger partial charge >= 0.3 is 12.0 Å². The van der Waals surface area contributed by atoms with Crippen molar-refractivity contribution in [1.82, 2.24) is 4.90 Å². The van der Waals surface area contributed by atoms with Crippen molar-refractivity contribution in [2.24, 2.45) is 5.92 Å². The first kappa shape index (κ1) is 18.8. The smallest absolute Gasteiger partial charge is 0.321 e. The van der Waals surface area contributed by atoms with Crippen molar-refractivity contribution < 1.29 is 19.1 Å². The Morgan fingerprint density at radius 3 is 2.33 bits per heavy atom. The molecule has 6 heteroatoms. The molecule has 0 saturated carbocycles. The Labute approximate surface area is 159 Å². The number of esters is 1. The summed E-state index contributed by atoms with van der Waals surface area (Å²) in [6.07, 6.45) is 1.23. The highest BCUT2D eigenvalue weighted by Gasteiger charge is 2.28. The van der Waals surface area contributed by atoms with Gasteiger partial charge in [-0.05, 0) is 42.7 Å². The van der Waals surface area contributed by atoms with Gasteiger partial charge in [0.1, 0.15) is 12.4 Å². The highest BCUT2D eigenvalue weighted by molar-refractivity contribution is 5.89. The van der Waals surface area contributed by atoms with Gasteiger partial charge in [-0.1, -0.05) is 30.3 Å². The Morgan fingerprint density at radius 1 is 1.04 bits per heavy atom. The lowest BCUT2D eigenvalue weighted by Gasteiger charge is -2.31. The van der Waals surface area contributed by atoms with Gasteiger partial charge in [0, 0.05) is 18.8 Å². The Morgan fingerprint density at radius 2 is 1.70 bits per heavy atom. The van der Waals surface area contributed by atoms with Crippen molar-refractivity contribution in [3.05, 3.63) is 60.2 Å². The average Bonchev–Trinajstić information content (AvgIpc) is 2.73. The van der Waals surface area contributed by atoms with Crippen LogP contribution in [0.2, 0.25) is 0 Å². The molecule has 1 aliphatic heterocycles. The second-order valence-electron chi connectivity index (χ2n) is 6.51. The Kier molecular flexibility index (Phi) is 6.30. The normalized spacial score (nSPS) is 14.5. The van der Waals surface area contributed by atoms with E-state index in [0.717, 1.165) is 11.3 Å². The van der Waals surface area contributed by atoms with E-state index in [1.54, 1.807) is 36.3 Å². The number of amides is 2. The van der Waals surface area contributed by atoms with Crippen LogP contribution in [-0.4, -0.2) is 37.1 Å². The predicted molar refractivity (Wildman–Crippen MR) is 103 cm³/mol. The van der Waals surface area contributed by atoms with Crippen LogP contribution in [0.1, 0.15) is 18.4 Å². The summed E-state index contributed by atoms with van der Waals surface area (Å²) in [4.78, 5) is 26.4. The summed E-state index contributed by atoms with van der Waals surface area (Å²) in [7, 11) is 1.60. The summed E-state index contributed by atoms with van der Waals surface area (Å²) < 4.78 is 10.5. The molecule has 0 aromatic heterocycles. The van der Waals surface area contributed by atoms with Crippen LogP contribution in [-0.2, 0) is 16.1 Å². The van der Waals surface area contributed by atoms with Crippen LogP contribution < -0.4 is 10.1 Å². The van der Waals surface area contributed by atoms with Crippen LogP contribution in [0.4, 0.5) is 10.5 Å². The van der Waals surface area contributed by atoms with Crippen LogP contribution in [0.3, 0.4) is 0 Å². The van der Waals surface area contributed by atoms with E-state index in [4.69, 9.17) is 9.47 Å². The number of carbonyl (C=O) groups is 2. The largest absolute Gasteiger partial charge is 0.497 e. The summed E-state index contributed by atoms with van der Waals surface area (Å²) in [5.41, 5.74) is 1.69. The molecule has 3 rings (SSSR count). The van der Waals surface area contributed by atoms with E-state index in [0.29, 0.717) is 31.6 Å². The van der Waals surface area contributed by atoms with E-state index < -0.39 is 0 Å². The van der Waals surface area contributed by atoms with Crippen LogP contribution in [0.5, 0.6) is 5.75 Å². The van der Waals surface area contributed by atoms with E-state index in [-0.39, 0.29) is 24.5 Å². The monoisotopic (exact) mass is 368 g/mol. The van der Waals surface area contributed by atoms with Gasteiger partial charge in [0.05, 0.1) is 13.0 Å². The number of likely N-dealkylation sites (tertiary alicyclic amines) is 1. The number of benzene rings is 2.